The van der Waals surface area contributed by atoms with Gasteiger partial charge in [-0.25, -0.2) is 0 Å². The fourth-order valence-electron chi connectivity index (χ4n) is 2.82. The van der Waals surface area contributed by atoms with E-state index in [-0.39, 0.29) is 0 Å². The van der Waals surface area contributed by atoms with Gasteiger partial charge in [0.2, 0.25) is 0 Å². The Morgan fingerprint density at radius 3 is 1.89 bits per heavy atom. The Labute approximate surface area is 117 Å². The minimum absolute atomic E-state index is 0.833. The van der Waals surface area contributed by atoms with Crippen molar-refractivity contribution in [2.75, 3.05) is 0 Å². The lowest BCUT2D eigenvalue weighted by molar-refractivity contribution is 0.411. The van der Waals surface area contributed by atoms with Gasteiger partial charge in [0.1, 0.15) is 0 Å². The van der Waals surface area contributed by atoms with Gasteiger partial charge >= 0.3 is 0 Å². The van der Waals surface area contributed by atoms with Crippen LogP contribution < -0.4 is 0 Å². The van der Waals surface area contributed by atoms with Crippen molar-refractivity contribution in [3.63, 3.8) is 0 Å². The SMILES string of the molecule is CCCCCCC([CH]C(C)CCCCC)CCC. The van der Waals surface area contributed by atoms with Crippen molar-refractivity contribution < 1.29 is 0 Å². The molecule has 0 aliphatic heterocycles. The summed E-state index contributed by atoms with van der Waals surface area (Å²) in [5.74, 6) is 1.72. The maximum absolute atomic E-state index is 2.67. The van der Waals surface area contributed by atoms with E-state index < -0.39 is 0 Å². The molecule has 1 radical (unpaired) electrons. The topological polar surface area (TPSA) is 0 Å². The fourth-order valence-corrected chi connectivity index (χ4v) is 2.82. The fraction of sp³-hybridized carbons (Fsp3) is 0.944. The summed E-state index contributed by atoms with van der Waals surface area (Å²) >= 11 is 0. The third-order valence-electron chi connectivity index (χ3n) is 3.95. The van der Waals surface area contributed by atoms with Crippen LogP contribution in [0.25, 0.3) is 0 Å². The Kier molecular flexibility index (Phi) is 13.4. The molecule has 0 saturated carbocycles. The van der Waals surface area contributed by atoms with E-state index in [1.165, 1.54) is 70.6 Å². The van der Waals surface area contributed by atoms with Crippen LogP contribution in [0.4, 0.5) is 0 Å². The van der Waals surface area contributed by atoms with E-state index in [0.717, 1.165) is 11.8 Å². The Balaban J connectivity index is 3.71. The highest BCUT2D eigenvalue weighted by Gasteiger charge is 2.12. The minimum atomic E-state index is 0.833. The van der Waals surface area contributed by atoms with Gasteiger partial charge in [-0.3, -0.25) is 0 Å². The first-order chi connectivity index (χ1) is 8.74. The summed E-state index contributed by atoms with van der Waals surface area (Å²) in [6, 6.07) is 0. The van der Waals surface area contributed by atoms with Crippen LogP contribution in [0, 0.1) is 18.3 Å². The molecule has 2 atom stereocenters. The molecule has 0 amide bonds. The largest absolute Gasteiger partial charge is 0.0654 e. The highest BCUT2D eigenvalue weighted by molar-refractivity contribution is 4.81. The van der Waals surface area contributed by atoms with Crippen molar-refractivity contribution in [3.8, 4) is 0 Å². The van der Waals surface area contributed by atoms with E-state index in [9.17, 15) is 0 Å². The number of hydrogen-bond acceptors (Lipinski definition) is 0. The predicted octanol–water partition coefficient (Wildman–Crippen LogP) is 6.79. The lowest BCUT2D eigenvalue weighted by Crippen LogP contribution is -2.08. The molecule has 0 rings (SSSR count). The van der Waals surface area contributed by atoms with Crippen LogP contribution >= 0.6 is 0 Å². The average Bonchev–Trinajstić information content (AvgIpc) is 2.35. The van der Waals surface area contributed by atoms with Crippen LogP contribution in [0.1, 0.15) is 98.3 Å². The third kappa shape index (κ3) is 11.1. The van der Waals surface area contributed by atoms with Gasteiger partial charge in [-0.15, -0.1) is 0 Å². The first kappa shape index (κ1) is 18.0. The molecule has 109 valence electrons. The summed E-state index contributed by atoms with van der Waals surface area (Å²) in [4.78, 5) is 0. The van der Waals surface area contributed by atoms with E-state index in [1.54, 1.807) is 0 Å². The second-order valence-electron chi connectivity index (χ2n) is 6.06. The summed E-state index contributed by atoms with van der Waals surface area (Å²) in [5, 5.41) is 0. The first-order valence-corrected chi connectivity index (χ1v) is 8.59. The monoisotopic (exact) mass is 253 g/mol. The minimum Gasteiger partial charge on any atom is -0.0654 e. The van der Waals surface area contributed by atoms with Crippen molar-refractivity contribution in [2.24, 2.45) is 11.8 Å². The van der Waals surface area contributed by atoms with Gasteiger partial charge in [0, 0.05) is 0 Å². The summed E-state index contributed by atoms with van der Waals surface area (Å²) in [7, 11) is 0. The molecule has 0 aromatic rings. The Bertz CT molecular complexity index is 150. The second kappa shape index (κ2) is 13.4. The van der Waals surface area contributed by atoms with Crippen LogP contribution in [0.3, 0.4) is 0 Å². The molecule has 0 heteroatoms. The number of hydrogen-bond donors (Lipinski definition) is 0. The average molecular weight is 253 g/mol. The maximum Gasteiger partial charge on any atom is -0.0326 e. The van der Waals surface area contributed by atoms with Crippen molar-refractivity contribution >= 4 is 0 Å². The molecule has 0 aromatic carbocycles. The molecule has 0 aliphatic rings. The second-order valence-corrected chi connectivity index (χ2v) is 6.06. The van der Waals surface area contributed by atoms with E-state index in [4.69, 9.17) is 0 Å². The predicted molar refractivity (Wildman–Crippen MR) is 84.8 cm³/mol. The first-order valence-electron chi connectivity index (χ1n) is 8.59. The van der Waals surface area contributed by atoms with Gasteiger partial charge in [0.05, 0.1) is 0 Å². The zero-order valence-electron chi connectivity index (χ0n) is 13.5. The van der Waals surface area contributed by atoms with Crippen LogP contribution in [-0.2, 0) is 0 Å². The van der Waals surface area contributed by atoms with Crippen molar-refractivity contribution in [2.45, 2.75) is 98.3 Å². The molecular weight excluding hydrogens is 216 g/mol. The molecule has 0 heterocycles. The third-order valence-corrected chi connectivity index (χ3v) is 3.95. The van der Waals surface area contributed by atoms with Crippen molar-refractivity contribution in [3.05, 3.63) is 6.42 Å². The van der Waals surface area contributed by atoms with E-state index >= 15 is 0 Å². The van der Waals surface area contributed by atoms with Gasteiger partial charge in [-0.2, -0.15) is 0 Å². The Morgan fingerprint density at radius 2 is 1.28 bits per heavy atom. The van der Waals surface area contributed by atoms with Crippen LogP contribution in [-0.4, -0.2) is 0 Å². The van der Waals surface area contributed by atoms with Gasteiger partial charge in [-0.1, -0.05) is 98.3 Å². The molecule has 2 unspecified atom stereocenters. The van der Waals surface area contributed by atoms with Gasteiger partial charge in [0.25, 0.3) is 0 Å². The molecule has 18 heavy (non-hydrogen) atoms. The summed E-state index contributed by atoms with van der Waals surface area (Å²) in [6.45, 7) is 9.34. The van der Waals surface area contributed by atoms with Crippen LogP contribution in [0.15, 0.2) is 0 Å². The summed E-state index contributed by atoms with van der Waals surface area (Å²) in [6.07, 6.45) is 18.1. The Hall–Kier alpha value is 0. The summed E-state index contributed by atoms with van der Waals surface area (Å²) < 4.78 is 0. The smallest absolute Gasteiger partial charge is 0.0326 e. The molecule has 0 saturated heterocycles. The quantitative estimate of drug-likeness (QED) is 0.317. The van der Waals surface area contributed by atoms with Crippen molar-refractivity contribution in [1.82, 2.24) is 0 Å². The Morgan fingerprint density at radius 1 is 0.667 bits per heavy atom. The molecule has 0 spiro atoms. The normalized spacial score (nSPS) is 14.7. The molecule has 0 N–H and O–H groups in total. The molecule has 0 fully saturated rings. The van der Waals surface area contributed by atoms with Crippen LogP contribution in [0.2, 0.25) is 0 Å². The van der Waals surface area contributed by atoms with Gasteiger partial charge in [0.15, 0.2) is 0 Å². The highest BCUT2D eigenvalue weighted by Crippen LogP contribution is 2.25. The number of rotatable bonds is 13. The lowest BCUT2D eigenvalue weighted by atomic mass is 9.86. The molecule has 0 aliphatic carbocycles. The molecule has 0 bridgehead atoms. The highest BCUT2D eigenvalue weighted by atomic mass is 14.2. The van der Waals surface area contributed by atoms with Crippen molar-refractivity contribution in [1.29, 1.82) is 0 Å². The van der Waals surface area contributed by atoms with E-state index in [0.29, 0.717) is 0 Å². The van der Waals surface area contributed by atoms with Crippen LogP contribution in [0.5, 0.6) is 0 Å². The standard InChI is InChI=1S/C18H37/c1-5-8-10-12-15-18(13-7-3)16-17(4)14-11-9-6-2/h16-18H,5-15H2,1-4H3. The molecular formula is C18H37. The van der Waals surface area contributed by atoms with E-state index in [1.807, 2.05) is 0 Å². The zero-order chi connectivity index (χ0) is 13.6. The number of unbranched alkanes of at least 4 members (excludes halogenated alkanes) is 5. The van der Waals surface area contributed by atoms with E-state index in [2.05, 4.69) is 34.1 Å². The lowest BCUT2D eigenvalue weighted by Gasteiger charge is -2.20. The van der Waals surface area contributed by atoms with Gasteiger partial charge in [-0.05, 0) is 18.3 Å². The molecule has 0 aromatic heterocycles. The molecule has 0 nitrogen and oxygen atoms in total. The zero-order valence-corrected chi connectivity index (χ0v) is 13.5. The van der Waals surface area contributed by atoms with Gasteiger partial charge < -0.3 is 0 Å². The maximum atomic E-state index is 2.67. The summed E-state index contributed by atoms with van der Waals surface area (Å²) in [5.41, 5.74) is 0.